The zero-order valence-electron chi connectivity index (χ0n) is 27.0. The molecule has 0 spiro atoms. The predicted octanol–water partition coefficient (Wildman–Crippen LogP) is 12.8. The molecule has 0 nitrogen and oxygen atoms in total. The Morgan fingerprint density at radius 1 is 0.553 bits per heavy atom. The number of hydrogen-bond donors (Lipinski definition) is 0. The molecule has 0 bridgehead atoms. The van der Waals surface area contributed by atoms with Crippen molar-refractivity contribution in [3.8, 4) is 44.5 Å². The van der Waals surface area contributed by atoms with Gasteiger partial charge in [0.25, 0.3) is 0 Å². The lowest BCUT2D eigenvalue weighted by Gasteiger charge is -2.26. The summed E-state index contributed by atoms with van der Waals surface area (Å²) in [5.41, 5.74) is 19.0. The summed E-state index contributed by atoms with van der Waals surface area (Å²) in [7, 11) is 0. The van der Waals surface area contributed by atoms with Crippen LogP contribution >= 0.6 is 0 Å². The highest BCUT2D eigenvalue weighted by Gasteiger charge is 2.23. The smallest absolute Gasteiger partial charge is 0.00936 e. The second kappa shape index (κ2) is 13.4. The highest BCUT2D eigenvalue weighted by molar-refractivity contribution is 5.91. The van der Waals surface area contributed by atoms with E-state index in [1.165, 1.54) is 66.8 Å². The zero-order chi connectivity index (χ0) is 32.2. The van der Waals surface area contributed by atoms with Crippen molar-refractivity contribution in [1.29, 1.82) is 0 Å². The molecular formula is C47H38. The molecule has 0 N–H and O–H groups in total. The third-order valence-electron chi connectivity index (χ3n) is 9.40. The lowest BCUT2D eigenvalue weighted by Crippen LogP contribution is -2.10. The molecule has 0 fully saturated rings. The molecule has 0 radical (unpaired) electrons. The standard InChI is InChI=1S/C47H38/c1-4-15-36-19-9-11-23-42(36)47-32-39(28-29-45(47)41-22-10-8-16-33(41)2)37-20-14-21-40(30-37)43-24-12-13-25-44(43)46-31-38(27-26-34(46)3)35-17-6-5-7-18-35/h5-32,34,46H,1H2,2-3H3. The normalized spacial score (nSPS) is 15.5. The molecule has 2 atom stereocenters. The van der Waals surface area contributed by atoms with Crippen LogP contribution in [-0.4, -0.2) is 0 Å². The van der Waals surface area contributed by atoms with Crippen molar-refractivity contribution in [3.63, 3.8) is 0 Å². The van der Waals surface area contributed by atoms with E-state index in [0.29, 0.717) is 5.92 Å². The van der Waals surface area contributed by atoms with Crippen LogP contribution in [0.25, 0.3) is 56.2 Å². The molecule has 6 aromatic rings. The van der Waals surface area contributed by atoms with Gasteiger partial charge in [0.1, 0.15) is 0 Å². The summed E-state index contributed by atoms with van der Waals surface area (Å²) in [5, 5.41) is 0. The zero-order valence-corrected chi connectivity index (χ0v) is 27.0. The van der Waals surface area contributed by atoms with Crippen molar-refractivity contribution in [1.82, 2.24) is 0 Å². The van der Waals surface area contributed by atoms with Gasteiger partial charge in [-0.15, -0.1) is 5.73 Å². The SMILES string of the molecule is C=C=Cc1ccccc1-c1cc(-c2cccc(-c3ccccc3C3C=C(c4ccccc4)C=CC3C)c2)ccc1-c1ccccc1C. The van der Waals surface area contributed by atoms with Gasteiger partial charge in [-0.25, -0.2) is 0 Å². The fourth-order valence-corrected chi connectivity index (χ4v) is 6.92. The lowest BCUT2D eigenvalue weighted by molar-refractivity contribution is 0.638. The minimum absolute atomic E-state index is 0.282. The Labute approximate surface area is 279 Å². The summed E-state index contributed by atoms with van der Waals surface area (Å²) in [4.78, 5) is 0. The molecule has 0 saturated carbocycles. The molecule has 0 amide bonds. The Morgan fingerprint density at radius 2 is 1.21 bits per heavy atom. The second-order valence-corrected chi connectivity index (χ2v) is 12.4. The van der Waals surface area contributed by atoms with Crippen LogP contribution in [0.1, 0.15) is 35.1 Å². The van der Waals surface area contributed by atoms with Gasteiger partial charge in [-0.2, -0.15) is 0 Å². The van der Waals surface area contributed by atoms with E-state index in [1.807, 2.05) is 6.08 Å². The summed E-state index contributed by atoms with van der Waals surface area (Å²) >= 11 is 0. The fourth-order valence-electron chi connectivity index (χ4n) is 6.92. The van der Waals surface area contributed by atoms with E-state index in [9.17, 15) is 0 Å². The number of benzene rings is 6. The summed E-state index contributed by atoms with van der Waals surface area (Å²) in [6, 6.07) is 52.7. The Kier molecular flexibility index (Phi) is 8.52. The topological polar surface area (TPSA) is 0 Å². The maximum Gasteiger partial charge on any atom is 0.00936 e. The molecule has 47 heavy (non-hydrogen) atoms. The molecule has 226 valence electrons. The molecular weight excluding hydrogens is 565 g/mol. The summed E-state index contributed by atoms with van der Waals surface area (Å²) in [6.07, 6.45) is 9.06. The largest absolute Gasteiger partial charge is 0.128 e. The predicted molar refractivity (Wildman–Crippen MR) is 202 cm³/mol. The van der Waals surface area contributed by atoms with Crippen LogP contribution in [-0.2, 0) is 0 Å². The molecule has 0 aromatic heterocycles. The quantitative estimate of drug-likeness (QED) is 0.159. The number of aryl methyl sites for hydroxylation is 1. The van der Waals surface area contributed by atoms with Gasteiger partial charge in [0.15, 0.2) is 0 Å². The third-order valence-corrected chi connectivity index (χ3v) is 9.40. The van der Waals surface area contributed by atoms with Gasteiger partial charge in [-0.1, -0.05) is 165 Å². The number of rotatable bonds is 7. The lowest BCUT2D eigenvalue weighted by atomic mass is 9.78. The second-order valence-electron chi connectivity index (χ2n) is 12.4. The maximum atomic E-state index is 3.87. The van der Waals surface area contributed by atoms with E-state index in [-0.39, 0.29) is 5.92 Å². The molecule has 1 aliphatic carbocycles. The van der Waals surface area contributed by atoms with Crippen LogP contribution in [0.15, 0.2) is 176 Å². The van der Waals surface area contributed by atoms with E-state index >= 15 is 0 Å². The van der Waals surface area contributed by atoms with E-state index in [4.69, 9.17) is 0 Å². The van der Waals surface area contributed by atoms with E-state index in [0.717, 1.165) is 5.56 Å². The molecule has 7 rings (SSSR count). The Bertz CT molecular complexity index is 2170. The average Bonchev–Trinajstić information content (AvgIpc) is 3.13. The van der Waals surface area contributed by atoms with Gasteiger partial charge in [0.2, 0.25) is 0 Å². The maximum absolute atomic E-state index is 3.87. The van der Waals surface area contributed by atoms with E-state index in [1.54, 1.807) is 0 Å². The molecule has 0 aliphatic heterocycles. The van der Waals surface area contributed by atoms with Gasteiger partial charge in [0.05, 0.1) is 0 Å². The first kappa shape index (κ1) is 30.0. The highest BCUT2D eigenvalue weighted by Crippen LogP contribution is 2.42. The first-order valence-corrected chi connectivity index (χ1v) is 16.4. The number of hydrogen-bond acceptors (Lipinski definition) is 0. The van der Waals surface area contributed by atoms with Gasteiger partial charge < -0.3 is 0 Å². The van der Waals surface area contributed by atoms with Gasteiger partial charge in [-0.05, 0) is 103 Å². The van der Waals surface area contributed by atoms with Crippen LogP contribution < -0.4 is 0 Å². The summed E-state index contributed by atoms with van der Waals surface area (Å²) in [5.74, 6) is 0.678. The summed E-state index contributed by atoms with van der Waals surface area (Å²) in [6.45, 7) is 8.37. The number of allylic oxidation sites excluding steroid dienone is 4. The van der Waals surface area contributed by atoms with Crippen molar-refractivity contribution in [2.75, 3.05) is 0 Å². The van der Waals surface area contributed by atoms with Gasteiger partial charge in [-0.3, -0.25) is 0 Å². The first-order valence-electron chi connectivity index (χ1n) is 16.4. The van der Waals surface area contributed by atoms with Crippen LogP contribution in [0.4, 0.5) is 0 Å². The minimum atomic E-state index is 0.282. The molecule has 0 heterocycles. The fraction of sp³-hybridized carbons (Fsp3) is 0.0851. The molecule has 6 aromatic carbocycles. The molecule has 2 unspecified atom stereocenters. The molecule has 1 aliphatic rings. The van der Waals surface area contributed by atoms with Crippen molar-refractivity contribution >= 4 is 11.6 Å². The van der Waals surface area contributed by atoms with E-state index in [2.05, 4.69) is 190 Å². The Morgan fingerprint density at radius 3 is 2.02 bits per heavy atom. The van der Waals surface area contributed by atoms with Crippen molar-refractivity contribution in [3.05, 3.63) is 198 Å². The Hall–Kier alpha value is -5.68. The van der Waals surface area contributed by atoms with Crippen molar-refractivity contribution in [2.45, 2.75) is 19.8 Å². The van der Waals surface area contributed by atoms with Crippen LogP contribution in [0.3, 0.4) is 0 Å². The minimum Gasteiger partial charge on any atom is -0.128 e. The first-order chi connectivity index (χ1) is 23.1. The van der Waals surface area contributed by atoms with Crippen LogP contribution in [0.2, 0.25) is 0 Å². The molecule has 0 saturated heterocycles. The van der Waals surface area contributed by atoms with Gasteiger partial charge in [0, 0.05) is 5.92 Å². The molecule has 0 heteroatoms. The van der Waals surface area contributed by atoms with Crippen molar-refractivity contribution < 1.29 is 0 Å². The van der Waals surface area contributed by atoms with Gasteiger partial charge >= 0.3 is 0 Å². The summed E-state index contributed by atoms with van der Waals surface area (Å²) < 4.78 is 0. The van der Waals surface area contributed by atoms with E-state index < -0.39 is 0 Å². The Balaban J connectivity index is 1.33. The van der Waals surface area contributed by atoms with Crippen LogP contribution in [0.5, 0.6) is 0 Å². The third kappa shape index (κ3) is 6.12. The monoisotopic (exact) mass is 602 g/mol. The highest BCUT2D eigenvalue weighted by atomic mass is 14.3. The van der Waals surface area contributed by atoms with Crippen LogP contribution in [0, 0.1) is 12.8 Å². The van der Waals surface area contributed by atoms with Crippen molar-refractivity contribution in [2.24, 2.45) is 5.92 Å². The average molecular weight is 603 g/mol.